The molecular formula is C21H24FNO2. The van der Waals surface area contributed by atoms with Crippen molar-refractivity contribution in [1.82, 2.24) is 4.90 Å². The molecule has 1 aliphatic heterocycles. The van der Waals surface area contributed by atoms with Crippen molar-refractivity contribution in [3.05, 3.63) is 71.5 Å². The van der Waals surface area contributed by atoms with Gasteiger partial charge in [0.05, 0.1) is 6.10 Å². The third-order valence-electron chi connectivity index (χ3n) is 4.92. The molecular weight excluding hydrogens is 317 g/mol. The van der Waals surface area contributed by atoms with Crippen LogP contribution in [-0.2, 0) is 11.2 Å². The van der Waals surface area contributed by atoms with Crippen molar-refractivity contribution in [1.29, 1.82) is 0 Å². The van der Waals surface area contributed by atoms with E-state index in [9.17, 15) is 14.3 Å². The van der Waals surface area contributed by atoms with Crippen LogP contribution in [0.4, 0.5) is 4.39 Å². The predicted octanol–water partition coefficient (Wildman–Crippen LogP) is 3.87. The summed E-state index contributed by atoms with van der Waals surface area (Å²) in [5.74, 6) is -0.142. The van der Waals surface area contributed by atoms with Gasteiger partial charge in [-0.2, -0.15) is 0 Å². The molecule has 0 spiro atoms. The average molecular weight is 341 g/mol. The summed E-state index contributed by atoms with van der Waals surface area (Å²) in [4.78, 5) is 14.5. The molecule has 0 aromatic heterocycles. The largest absolute Gasteiger partial charge is 0.388 e. The highest BCUT2D eigenvalue weighted by Gasteiger charge is 2.30. The molecule has 3 nitrogen and oxygen atoms in total. The third kappa shape index (κ3) is 4.67. The molecule has 1 saturated heterocycles. The molecule has 1 aliphatic rings. The summed E-state index contributed by atoms with van der Waals surface area (Å²) in [7, 11) is 0. The fourth-order valence-corrected chi connectivity index (χ4v) is 3.52. The Morgan fingerprint density at radius 3 is 2.60 bits per heavy atom. The van der Waals surface area contributed by atoms with Crippen LogP contribution >= 0.6 is 0 Å². The Morgan fingerprint density at radius 1 is 1.16 bits per heavy atom. The maximum absolute atomic E-state index is 12.9. The highest BCUT2D eigenvalue weighted by atomic mass is 19.1. The van der Waals surface area contributed by atoms with Gasteiger partial charge in [0.25, 0.3) is 0 Å². The molecule has 0 aliphatic carbocycles. The van der Waals surface area contributed by atoms with Crippen molar-refractivity contribution in [2.24, 2.45) is 0 Å². The molecule has 25 heavy (non-hydrogen) atoms. The third-order valence-corrected chi connectivity index (χ3v) is 4.92. The van der Waals surface area contributed by atoms with Crippen LogP contribution in [0.3, 0.4) is 0 Å². The van der Waals surface area contributed by atoms with E-state index in [4.69, 9.17) is 0 Å². The van der Waals surface area contributed by atoms with Crippen LogP contribution in [-0.4, -0.2) is 28.5 Å². The number of aliphatic hydroxyl groups excluding tert-OH is 1. The van der Waals surface area contributed by atoms with Gasteiger partial charge in [-0.15, -0.1) is 0 Å². The van der Waals surface area contributed by atoms with E-state index in [0.29, 0.717) is 19.3 Å². The number of nitrogens with zero attached hydrogens (tertiary/aromatic N) is 1. The molecule has 1 heterocycles. The van der Waals surface area contributed by atoms with Crippen LogP contribution in [0.25, 0.3) is 0 Å². The molecule has 132 valence electrons. The Labute approximate surface area is 148 Å². The van der Waals surface area contributed by atoms with Crippen LogP contribution in [0.5, 0.6) is 0 Å². The van der Waals surface area contributed by atoms with Gasteiger partial charge in [0.2, 0.25) is 5.91 Å². The van der Waals surface area contributed by atoms with Crippen LogP contribution < -0.4 is 0 Å². The maximum Gasteiger partial charge on any atom is 0.223 e. The zero-order valence-electron chi connectivity index (χ0n) is 14.3. The van der Waals surface area contributed by atoms with Crippen molar-refractivity contribution >= 4 is 5.91 Å². The fraction of sp³-hybridized carbons (Fsp3) is 0.381. The summed E-state index contributed by atoms with van der Waals surface area (Å²) in [5.41, 5.74) is 1.86. The Kier molecular flexibility index (Phi) is 5.82. The Bertz CT molecular complexity index is 687. The second-order valence-corrected chi connectivity index (χ2v) is 6.67. The van der Waals surface area contributed by atoms with Crippen LogP contribution in [0.1, 0.15) is 42.9 Å². The number of likely N-dealkylation sites (tertiary alicyclic amines) is 1. The summed E-state index contributed by atoms with van der Waals surface area (Å²) >= 11 is 0. The molecule has 2 aromatic carbocycles. The number of carbonyl (C=O) groups excluding carboxylic acids is 1. The maximum atomic E-state index is 12.9. The van der Waals surface area contributed by atoms with Crippen molar-refractivity contribution < 1.29 is 14.3 Å². The summed E-state index contributed by atoms with van der Waals surface area (Å²) in [6.45, 7) is 0.758. The SMILES string of the molecule is O=C(CCc1ccc(F)cc1)N1CCCC1CC(O)c1ccccc1. The number of rotatable bonds is 6. The molecule has 0 bridgehead atoms. The smallest absolute Gasteiger partial charge is 0.223 e. The number of benzene rings is 2. The normalized spacial score (nSPS) is 18.3. The lowest BCUT2D eigenvalue weighted by Crippen LogP contribution is -2.36. The summed E-state index contributed by atoms with van der Waals surface area (Å²) in [6.07, 6.45) is 2.98. The minimum Gasteiger partial charge on any atom is -0.388 e. The Hall–Kier alpha value is -2.20. The lowest BCUT2D eigenvalue weighted by atomic mass is 10.00. The minimum atomic E-state index is -0.545. The molecule has 0 saturated carbocycles. The molecule has 1 N–H and O–H groups in total. The van der Waals surface area contributed by atoms with Crippen LogP contribution in [0.15, 0.2) is 54.6 Å². The van der Waals surface area contributed by atoms with E-state index in [1.165, 1.54) is 12.1 Å². The quantitative estimate of drug-likeness (QED) is 0.866. The first-order valence-electron chi connectivity index (χ1n) is 8.90. The zero-order valence-corrected chi connectivity index (χ0v) is 14.3. The van der Waals surface area contributed by atoms with E-state index in [0.717, 1.165) is 30.5 Å². The average Bonchev–Trinajstić information content (AvgIpc) is 3.10. The van der Waals surface area contributed by atoms with Gasteiger partial charge < -0.3 is 10.0 Å². The van der Waals surface area contributed by atoms with E-state index < -0.39 is 6.10 Å². The number of hydrogen-bond donors (Lipinski definition) is 1. The van der Waals surface area contributed by atoms with Crippen molar-refractivity contribution in [3.8, 4) is 0 Å². The lowest BCUT2D eigenvalue weighted by molar-refractivity contribution is -0.132. The summed E-state index contributed by atoms with van der Waals surface area (Å²) in [6, 6.07) is 16.0. The van der Waals surface area contributed by atoms with Gasteiger partial charge in [0.1, 0.15) is 5.82 Å². The molecule has 1 fully saturated rings. The summed E-state index contributed by atoms with van der Waals surface area (Å²) in [5, 5.41) is 10.4. The van der Waals surface area contributed by atoms with Gasteiger partial charge in [-0.1, -0.05) is 42.5 Å². The first kappa shape index (κ1) is 17.6. The Balaban J connectivity index is 1.55. The molecule has 4 heteroatoms. The van der Waals surface area contributed by atoms with E-state index in [-0.39, 0.29) is 17.8 Å². The van der Waals surface area contributed by atoms with Crippen molar-refractivity contribution in [3.63, 3.8) is 0 Å². The second kappa shape index (κ2) is 8.26. The number of hydrogen-bond acceptors (Lipinski definition) is 2. The number of halogens is 1. The van der Waals surface area contributed by atoms with Gasteiger partial charge in [-0.25, -0.2) is 4.39 Å². The van der Waals surface area contributed by atoms with Crippen molar-refractivity contribution in [2.45, 2.75) is 44.2 Å². The van der Waals surface area contributed by atoms with Crippen molar-refractivity contribution in [2.75, 3.05) is 6.54 Å². The number of amides is 1. The number of aryl methyl sites for hydroxylation is 1. The molecule has 0 radical (unpaired) electrons. The van der Waals surface area contributed by atoms with Gasteiger partial charge >= 0.3 is 0 Å². The fourth-order valence-electron chi connectivity index (χ4n) is 3.52. The highest BCUT2D eigenvalue weighted by Crippen LogP contribution is 2.28. The summed E-state index contributed by atoms with van der Waals surface area (Å²) < 4.78 is 12.9. The number of carbonyl (C=O) groups is 1. The monoisotopic (exact) mass is 341 g/mol. The van der Waals surface area contributed by atoms with E-state index >= 15 is 0 Å². The van der Waals surface area contributed by atoms with E-state index in [1.807, 2.05) is 35.2 Å². The topological polar surface area (TPSA) is 40.5 Å². The molecule has 1 amide bonds. The highest BCUT2D eigenvalue weighted by molar-refractivity contribution is 5.77. The van der Waals surface area contributed by atoms with Gasteiger partial charge in [-0.05, 0) is 48.9 Å². The second-order valence-electron chi connectivity index (χ2n) is 6.67. The first-order valence-corrected chi connectivity index (χ1v) is 8.90. The minimum absolute atomic E-state index is 0.0934. The molecule has 2 atom stereocenters. The standard InChI is InChI=1S/C21H24FNO2/c22-18-11-8-16(9-12-18)10-13-21(25)23-14-4-7-19(23)15-20(24)17-5-2-1-3-6-17/h1-3,5-6,8-9,11-12,19-20,24H,4,7,10,13-15H2. The van der Waals surface area contributed by atoms with Gasteiger partial charge in [0.15, 0.2) is 0 Å². The van der Waals surface area contributed by atoms with Crippen LogP contribution in [0.2, 0.25) is 0 Å². The molecule has 3 rings (SSSR count). The van der Waals surface area contributed by atoms with E-state index in [2.05, 4.69) is 0 Å². The van der Waals surface area contributed by atoms with Gasteiger partial charge in [0, 0.05) is 19.0 Å². The number of aliphatic hydroxyl groups is 1. The van der Waals surface area contributed by atoms with Crippen LogP contribution in [0, 0.1) is 5.82 Å². The predicted molar refractivity (Wildman–Crippen MR) is 95.5 cm³/mol. The first-order chi connectivity index (χ1) is 12.1. The van der Waals surface area contributed by atoms with Gasteiger partial charge in [-0.3, -0.25) is 4.79 Å². The molecule has 2 unspecified atom stereocenters. The molecule has 2 aromatic rings. The lowest BCUT2D eigenvalue weighted by Gasteiger charge is -2.27. The van der Waals surface area contributed by atoms with E-state index in [1.54, 1.807) is 12.1 Å². The zero-order chi connectivity index (χ0) is 17.6. The Morgan fingerprint density at radius 2 is 1.88 bits per heavy atom.